The minimum Gasteiger partial charge on any atom is -0.355 e. The molecule has 0 unspecified atom stereocenters. The molecule has 0 saturated carbocycles. The third-order valence-electron chi connectivity index (χ3n) is 3.58. The highest BCUT2D eigenvalue weighted by Crippen LogP contribution is 2.24. The van der Waals surface area contributed by atoms with Gasteiger partial charge in [0.05, 0.1) is 6.04 Å². The Morgan fingerprint density at radius 1 is 1.05 bits per heavy atom. The second kappa shape index (κ2) is 7.36. The highest BCUT2D eigenvalue weighted by atomic mass is 32.1. The third kappa shape index (κ3) is 4.28. The van der Waals surface area contributed by atoms with Crippen LogP contribution in [0.25, 0.3) is 0 Å². The zero-order valence-corrected chi connectivity index (χ0v) is 13.9. The summed E-state index contributed by atoms with van der Waals surface area (Å²) in [5.74, 6) is 0.124. The molecule has 0 radical (unpaired) electrons. The van der Waals surface area contributed by atoms with E-state index in [0.29, 0.717) is 11.0 Å². The van der Waals surface area contributed by atoms with Gasteiger partial charge in [0.2, 0.25) is 0 Å². The van der Waals surface area contributed by atoms with Crippen LogP contribution in [0.3, 0.4) is 0 Å². The highest BCUT2D eigenvalue weighted by molar-refractivity contribution is 7.80. The molecule has 0 fully saturated rings. The number of hydrogen-bond donors (Lipinski definition) is 2. The zero-order valence-electron chi connectivity index (χ0n) is 13.1. The SMILES string of the molecule is Cc1ccccc1[C@H](NC(=S)Nc1ccc(F)cc1)C(C)C. The number of nitrogens with one attached hydrogen (secondary N) is 2. The van der Waals surface area contributed by atoms with Gasteiger partial charge in [-0.05, 0) is 60.5 Å². The second-order valence-electron chi connectivity index (χ2n) is 5.68. The number of anilines is 1. The van der Waals surface area contributed by atoms with Gasteiger partial charge in [-0.25, -0.2) is 4.39 Å². The van der Waals surface area contributed by atoms with Crippen molar-refractivity contribution in [3.8, 4) is 0 Å². The summed E-state index contributed by atoms with van der Waals surface area (Å²) in [5.41, 5.74) is 3.24. The number of rotatable bonds is 4. The Balaban J connectivity index is 2.10. The maximum atomic E-state index is 12.9. The summed E-state index contributed by atoms with van der Waals surface area (Å²) in [6, 6.07) is 14.6. The van der Waals surface area contributed by atoms with Crippen molar-refractivity contribution in [3.05, 3.63) is 65.5 Å². The van der Waals surface area contributed by atoms with Gasteiger partial charge in [0.1, 0.15) is 5.82 Å². The highest BCUT2D eigenvalue weighted by Gasteiger charge is 2.18. The zero-order chi connectivity index (χ0) is 16.1. The summed E-state index contributed by atoms with van der Waals surface area (Å²) in [6.45, 7) is 6.41. The van der Waals surface area contributed by atoms with E-state index in [1.807, 2.05) is 12.1 Å². The molecular formula is C18H21FN2S. The molecule has 0 aliphatic heterocycles. The lowest BCUT2D eigenvalue weighted by molar-refractivity contribution is 0.471. The molecule has 0 bridgehead atoms. The fraction of sp³-hybridized carbons (Fsp3) is 0.278. The summed E-state index contributed by atoms with van der Waals surface area (Å²) in [6.07, 6.45) is 0. The number of hydrogen-bond acceptors (Lipinski definition) is 1. The van der Waals surface area contributed by atoms with E-state index in [1.54, 1.807) is 12.1 Å². The van der Waals surface area contributed by atoms with Gasteiger partial charge in [0.25, 0.3) is 0 Å². The van der Waals surface area contributed by atoms with Crippen molar-refractivity contribution in [3.63, 3.8) is 0 Å². The van der Waals surface area contributed by atoms with Crippen LogP contribution in [0, 0.1) is 18.7 Å². The Bertz CT molecular complexity index is 638. The molecule has 4 heteroatoms. The van der Waals surface area contributed by atoms with Gasteiger partial charge in [-0.15, -0.1) is 0 Å². The van der Waals surface area contributed by atoms with Crippen LogP contribution < -0.4 is 10.6 Å². The predicted molar refractivity (Wildman–Crippen MR) is 94.5 cm³/mol. The molecule has 2 nitrogen and oxygen atoms in total. The number of benzene rings is 2. The average molecular weight is 316 g/mol. The molecule has 1 atom stereocenters. The molecule has 22 heavy (non-hydrogen) atoms. The molecule has 2 aromatic carbocycles. The largest absolute Gasteiger partial charge is 0.355 e. The molecular weight excluding hydrogens is 295 g/mol. The van der Waals surface area contributed by atoms with Crippen LogP contribution in [0.15, 0.2) is 48.5 Å². The van der Waals surface area contributed by atoms with E-state index in [0.717, 1.165) is 5.69 Å². The van der Waals surface area contributed by atoms with E-state index in [1.165, 1.54) is 23.3 Å². The van der Waals surface area contributed by atoms with Crippen molar-refractivity contribution >= 4 is 23.0 Å². The molecule has 2 N–H and O–H groups in total. The van der Waals surface area contributed by atoms with Crippen LogP contribution in [0.2, 0.25) is 0 Å². The first-order chi connectivity index (χ1) is 10.5. The monoisotopic (exact) mass is 316 g/mol. The van der Waals surface area contributed by atoms with E-state index in [4.69, 9.17) is 12.2 Å². The van der Waals surface area contributed by atoms with Crippen molar-refractivity contribution in [2.24, 2.45) is 5.92 Å². The molecule has 0 amide bonds. The Morgan fingerprint density at radius 2 is 1.68 bits per heavy atom. The Morgan fingerprint density at radius 3 is 2.27 bits per heavy atom. The summed E-state index contributed by atoms with van der Waals surface area (Å²) in [7, 11) is 0. The van der Waals surface area contributed by atoms with Gasteiger partial charge in [-0.3, -0.25) is 0 Å². The fourth-order valence-electron chi connectivity index (χ4n) is 2.38. The van der Waals surface area contributed by atoms with Crippen LogP contribution >= 0.6 is 12.2 Å². The van der Waals surface area contributed by atoms with Gasteiger partial charge in [-0.1, -0.05) is 38.1 Å². The molecule has 116 valence electrons. The number of halogens is 1. The Kier molecular flexibility index (Phi) is 5.50. The lowest BCUT2D eigenvalue weighted by Crippen LogP contribution is -2.35. The fourth-order valence-corrected chi connectivity index (χ4v) is 2.63. The van der Waals surface area contributed by atoms with E-state index in [9.17, 15) is 4.39 Å². The third-order valence-corrected chi connectivity index (χ3v) is 3.80. The topological polar surface area (TPSA) is 24.1 Å². The average Bonchev–Trinajstić information content (AvgIpc) is 2.48. The molecule has 0 heterocycles. The van der Waals surface area contributed by atoms with Crippen molar-refractivity contribution < 1.29 is 4.39 Å². The smallest absolute Gasteiger partial charge is 0.171 e. The Labute approximate surface area is 136 Å². The van der Waals surface area contributed by atoms with Gasteiger partial charge >= 0.3 is 0 Å². The summed E-state index contributed by atoms with van der Waals surface area (Å²) < 4.78 is 12.9. The summed E-state index contributed by atoms with van der Waals surface area (Å²) in [4.78, 5) is 0. The number of aryl methyl sites for hydroxylation is 1. The second-order valence-corrected chi connectivity index (χ2v) is 6.09. The van der Waals surface area contributed by atoms with Gasteiger partial charge in [0.15, 0.2) is 5.11 Å². The maximum Gasteiger partial charge on any atom is 0.171 e. The minimum atomic E-state index is -0.260. The minimum absolute atomic E-state index is 0.127. The number of thiocarbonyl (C=S) groups is 1. The van der Waals surface area contributed by atoms with Gasteiger partial charge in [0, 0.05) is 5.69 Å². The van der Waals surface area contributed by atoms with Crippen molar-refractivity contribution in [1.82, 2.24) is 5.32 Å². The van der Waals surface area contributed by atoms with Crippen molar-refractivity contribution in [1.29, 1.82) is 0 Å². The molecule has 0 aliphatic carbocycles. The van der Waals surface area contributed by atoms with Crippen molar-refractivity contribution in [2.45, 2.75) is 26.8 Å². The van der Waals surface area contributed by atoms with Crippen LogP contribution in [0.1, 0.15) is 31.0 Å². The van der Waals surface area contributed by atoms with E-state index in [-0.39, 0.29) is 11.9 Å². The van der Waals surface area contributed by atoms with E-state index < -0.39 is 0 Å². The quantitative estimate of drug-likeness (QED) is 0.791. The molecule has 0 spiro atoms. The lowest BCUT2D eigenvalue weighted by Gasteiger charge is -2.26. The summed E-state index contributed by atoms with van der Waals surface area (Å²) in [5, 5.41) is 7.00. The Hall–Kier alpha value is -1.94. The lowest BCUT2D eigenvalue weighted by atomic mass is 9.93. The first kappa shape index (κ1) is 16.4. The van der Waals surface area contributed by atoms with Gasteiger partial charge < -0.3 is 10.6 Å². The van der Waals surface area contributed by atoms with Crippen LogP contribution in [0.5, 0.6) is 0 Å². The van der Waals surface area contributed by atoms with Gasteiger partial charge in [-0.2, -0.15) is 0 Å². The molecule has 0 aromatic heterocycles. The molecule has 0 saturated heterocycles. The molecule has 2 aromatic rings. The van der Waals surface area contributed by atoms with Crippen LogP contribution in [0.4, 0.5) is 10.1 Å². The molecule has 0 aliphatic rings. The summed E-state index contributed by atoms with van der Waals surface area (Å²) >= 11 is 5.39. The molecule has 2 rings (SSSR count). The normalized spacial score (nSPS) is 12.0. The standard InChI is InChI=1S/C18H21FN2S/c1-12(2)17(16-7-5-4-6-13(16)3)21-18(22)20-15-10-8-14(19)9-11-15/h4-12,17H,1-3H3,(H2,20,21,22)/t17-/m1/s1. The first-order valence-electron chi connectivity index (χ1n) is 7.36. The van der Waals surface area contributed by atoms with E-state index in [2.05, 4.69) is 43.5 Å². The van der Waals surface area contributed by atoms with Crippen LogP contribution in [-0.4, -0.2) is 5.11 Å². The predicted octanol–water partition coefficient (Wildman–Crippen LogP) is 4.82. The van der Waals surface area contributed by atoms with E-state index >= 15 is 0 Å². The first-order valence-corrected chi connectivity index (χ1v) is 7.77. The maximum absolute atomic E-state index is 12.9. The van der Waals surface area contributed by atoms with Crippen LogP contribution in [-0.2, 0) is 0 Å². The van der Waals surface area contributed by atoms with Crippen molar-refractivity contribution in [2.75, 3.05) is 5.32 Å².